The summed E-state index contributed by atoms with van der Waals surface area (Å²) in [7, 11) is 2.15. The lowest BCUT2D eigenvalue weighted by Gasteiger charge is -2.26. The predicted molar refractivity (Wildman–Crippen MR) is 244 cm³/mol. The van der Waals surface area contributed by atoms with E-state index in [9.17, 15) is 0 Å². The second-order valence-electron chi connectivity index (χ2n) is 14.6. The molecule has 0 saturated heterocycles. The molecule has 2 heterocycles. The van der Waals surface area contributed by atoms with Crippen LogP contribution in [0, 0.1) is 0 Å². The van der Waals surface area contributed by atoms with Crippen LogP contribution in [0.3, 0.4) is 0 Å². The van der Waals surface area contributed by atoms with Gasteiger partial charge in [0.15, 0.2) is 0 Å². The Balaban J connectivity index is 0.945. The van der Waals surface area contributed by atoms with E-state index in [1.165, 1.54) is 43.6 Å². The lowest BCUT2D eigenvalue weighted by Crippen LogP contribution is -2.09. The van der Waals surface area contributed by atoms with E-state index in [4.69, 9.17) is 0 Å². The molecule has 274 valence electrons. The number of rotatable bonds is 9. The second kappa shape index (κ2) is 14.4. The number of nitrogens with zero attached hydrogens (tertiary/aromatic N) is 4. The Morgan fingerprint density at radius 2 is 0.737 bits per heavy atom. The van der Waals surface area contributed by atoms with Gasteiger partial charge in [0.25, 0.3) is 0 Å². The first-order valence-electron chi connectivity index (χ1n) is 19.7. The SMILES string of the molecule is CCn1c2ccccc2c2cc(N(c3ccccc3)c3ccc(/C=C/c4ccc(N(c5ccccc5)c5ccc6c(c5)c5ccccc5n6C)cc4)cc3)ccc21. The van der Waals surface area contributed by atoms with Crippen molar-refractivity contribution in [3.8, 4) is 0 Å². The zero-order valence-corrected chi connectivity index (χ0v) is 32.1. The van der Waals surface area contributed by atoms with Crippen molar-refractivity contribution in [3.63, 3.8) is 0 Å². The minimum Gasteiger partial charge on any atom is -0.344 e. The Morgan fingerprint density at radius 3 is 1.26 bits per heavy atom. The van der Waals surface area contributed by atoms with Gasteiger partial charge in [-0.05, 0) is 115 Å². The summed E-state index contributed by atoms with van der Waals surface area (Å²) in [5, 5.41) is 5.08. The number of fused-ring (bicyclic) bond motifs is 6. The summed E-state index contributed by atoms with van der Waals surface area (Å²) in [6, 6.07) is 70.0. The third-order valence-corrected chi connectivity index (χ3v) is 11.3. The van der Waals surface area contributed by atoms with Crippen molar-refractivity contribution in [2.45, 2.75) is 13.5 Å². The molecule has 0 unspecified atom stereocenters. The number of anilines is 6. The van der Waals surface area contributed by atoms with E-state index in [-0.39, 0.29) is 0 Å². The minimum absolute atomic E-state index is 0.931. The molecular weight excluding hydrogens is 693 g/mol. The van der Waals surface area contributed by atoms with Gasteiger partial charge in [-0.25, -0.2) is 0 Å². The summed E-state index contributed by atoms with van der Waals surface area (Å²) < 4.78 is 4.68. The summed E-state index contributed by atoms with van der Waals surface area (Å²) >= 11 is 0. The predicted octanol–water partition coefficient (Wildman–Crippen LogP) is 14.6. The van der Waals surface area contributed by atoms with Gasteiger partial charge in [0, 0.05) is 91.3 Å². The Bertz CT molecular complexity index is 3040. The molecule has 0 amide bonds. The molecule has 0 bridgehead atoms. The highest BCUT2D eigenvalue weighted by Gasteiger charge is 2.17. The average Bonchev–Trinajstić information content (AvgIpc) is 3.75. The van der Waals surface area contributed by atoms with E-state index in [1.54, 1.807) is 0 Å². The minimum atomic E-state index is 0.931. The lowest BCUT2D eigenvalue weighted by molar-refractivity contribution is 0.827. The fourth-order valence-corrected chi connectivity index (χ4v) is 8.53. The Kier molecular flexibility index (Phi) is 8.65. The molecule has 4 nitrogen and oxygen atoms in total. The van der Waals surface area contributed by atoms with Gasteiger partial charge in [0.1, 0.15) is 0 Å². The Morgan fingerprint density at radius 1 is 0.368 bits per heavy atom. The van der Waals surface area contributed by atoms with Crippen molar-refractivity contribution >= 4 is 89.9 Å². The maximum atomic E-state index is 2.40. The number of benzene rings is 8. The number of aryl methyl sites for hydroxylation is 2. The van der Waals surface area contributed by atoms with E-state index in [2.05, 4.69) is 239 Å². The quantitative estimate of drug-likeness (QED) is 0.137. The van der Waals surface area contributed by atoms with Crippen LogP contribution in [0.2, 0.25) is 0 Å². The molecule has 0 atom stereocenters. The van der Waals surface area contributed by atoms with Crippen LogP contribution in [0.4, 0.5) is 34.1 Å². The molecule has 0 aliphatic carbocycles. The number of hydrogen-bond acceptors (Lipinski definition) is 2. The maximum Gasteiger partial charge on any atom is 0.0492 e. The van der Waals surface area contributed by atoms with Gasteiger partial charge >= 0.3 is 0 Å². The van der Waals surface area contributed by atoms with Crippen LogP contribution >= 0.6 is 0 Å². The highest BCUT2D eigenvalue weighted by Crippen LogP contribution is 2.40. The molecule has 2 aromatic heterocycles. The molecule has 0 N–H and O–H groups in total. The smallest absolute Gasteiger partial charge is 0.0492 e. The average molecular weight is 735 g/mol. The standard InChI is InChI=1S/C53H42N4/c1-3-55-52-21-13-11-19-47(52)49-37-45(33-35-53(49)55)57(41-16-8-5-9-17-41)43-30-26-39(27-31-43)23-22-38-24-28-42(29-25-38)56(40-14-6-4-7-15-40)44-32-34-51-48(36-44)46-18-10-12-20-50(46)54(51)2/h4-37H,3H2,1-2H3/b23-22+. The number of aromatic nitrogens is 2. The highest BCUT2D eigenvalue weighted by atomic mass is 15.1. The van der Waals surface area contributed by atoms with E-state index in [0.29, 0.717) is 0 Å². The first-order chi connectivity index (χ1) is 28.1. The molecule has 0 saturated carbocycles. The van der Waals surface area contributed by atoms with Crippen LogP contribution in [0.15, 0.2) is 194 Å². The number of para-hydroxylation sites is 4. The molecule has 0 fully saturated rings. The molecule has 0 aliphatic rings. The van der Waals surface area contributed by atoms with Crippen molar-refractivity contribution < 1.29 is 0 Å². The van der Waals surface area contributed by atoms with Gasteiger partial charge in [-0.1, -0.05) is 109 Å². The molecule has 0 spiro atoms. The van der Waals surface area contributed by atoms with Crippen LogP contribution in [0.5, 0.6) is 0 Å². The fraction of sp³-hybridized carbons (Fsp3) is 0.0566. The highest BCUT2D eigenvalue weighted by molar-refractivity contribution is 6.10. The van der Waals surface area contributed by atoms with E-state index < -0.39 is 0 Å². The van der Waals surface area contributed by atoms with Crippen LogP contribution < -0.4 is 9.80 Å². The van der Waals surface area contributed by atoms with Gasteiger partial charge in [-0.15, -0.1) is 0 Å². The van der Waals surface area contributed by atoms with E-state index >= 15 is 0 Å². The molecule has 57 heavy (non-hydrogen) atoms. The van der Waals surface area contributed by atoms with Gasteiger partial charge < -0.3 is 18.9 Å². The van der Waals surface area contributed by atoms with Gasteiger partial charge in [0.2, 0.25) is 0 Å². The second-order valence-corrected chi connectivity index (χ2v) is 14.6. The van der Waals surface area contributed by atoms with Crippen molar-refractivity contribution in [3.05, 3.63) is 205 Å². The molecular formula is C53H42N4. The van der Waals surface area contributed by atoms with Crippen molar-refractivity contribution in [1.82, 2.24) is 9.13 Å². The van der Waals surface area contributed by atoms with Crippen LogP contribution in [0.25, 0.3) is 55.8 Å². The summed E-state index contributed by atoms with van der Waals surface area (Å²) in [6.07, 6.45) is 4.39. The van der Waals surface area contributed by atoms with Gasteiger partial charge in [-0.2, -0.15) is 0 Å². The van der Waals surface area contributed by atoms with E-state index in [0.717, 1.165) is 51.8 Å². The summed E-state index contributed by atoms with van der Waals surface area (Å²) in [5.74, 6) is 0. The third-order valence-electron chi connectivity index (χ3n) is 11.3. The maximum absolute atomic E-state index is 2.40. The van der Waals surface area contributed by atoms with Crippen molar-refractivity contribution in [2.75, 3.05) is 9.80 Å². The number of hydrogen-bond donors (Lipinski definition) is 0. The summed E-state index contributed by atoms with van der Waals surface area (Å²) in [5.41, 5.74) is 14.0. The topological polar surface area (TPSA) is 16.3 Å². The zero-order chi connectivity index (χ0) is 38.3. The first-order valence-corrected chi connectivity index (χ1v) is 19.7. The summed E-state index contributed by atoms with van der Waals surface area (Å²) in [4.78, 5) is 4.69. The van der Waals surface area contributed by atoms with Crippen LogP contribution in [0.1, 0.15) is 18.1 Å². The van der Waals surface area contributed by atoms with E-state index in [1.807, 2.05) is 0 Å². The summed E-state index contributed by atoms with van der Waals surface area (Å²) in [6.45, 7) is 3.15. The molecule has 0 radical (unpaired) electrons. The molecule has 4 heteroatoms. The monoisotopic (exact) mass is 734 g/mol. The lowest BCUT2D eigenvalue weighted by atomic mass is 10.1. The molecule has 10 rings (SSSR count). The third kappa shape index (κ3) is 6.12. The Hall–Kier alpha value is -7.30. The van der Waals surface area contributed by atoms with Gasteiger partial charge in [-0.3, -0.25) is 0 Å². The normalized spacial score (nSPS) is 11.7. The molecule has 8 aromatic carbocycles. The zero-order valence-electron chi connectivity index (χ0n) is 32.1. The molecule has 0 aliphatic heterocycles. The largest absolute Gasteiger partial charge is 0.344 e. The van der Waals surface area contributed by atoms with Crippen molar-refractivity contribution in [1.29, 1.82) is 0 Å². The fourth-order valence-electron chi connectivity index (χ4n) is 8.53. The van der Waals surface area contributed by atoms with Crippen LogP contribution in [-0.4, -0.2) is 9.13 Å². The van der Waals surface area contributed by atoms with Crippen molar-refractivity contribution in [2.24, 2.45) is 7.05 Å². The molecule has 10 aromatic rings. The van der Waals surface area contributed by atoms with Crippen LogP contribution in [-0.2, 0) is 13.6 Å². The first kappa shape index (κ1) is 34.2. The van der Waals surface area contributed by atoms with Gasteiger partial charge in [0.05, 0.1) is 0 Å². The Labute approximate surface area is 333 Å².